The average molecular weight is 413 g/mol. The minimum Gasteiger partial charge on any atom is -0.490 e. The highest BCUT2D eigenvalue weighted by molar-refractivity contribution is 5.83. The molecular weight excluding hydrogens is 382 g/mol. The minimum atomic E-state index is -0.105. The van der Waals surface area contributed by atoms with Crippen LogP contribution in [0.5, 0.6) is 11.5 Å². The van der Waals surface area contributed by atoms with Crippen molar-refractivity contribution in [2.75, 3.05) is 39.5 Å². The molecule has 0 spiro atoms. The highest BCUT2D eigenvalue weighted by Crippen LogP contribution is 2.29. The first-order chi connectivity index (χ1) is 14.6. The Kier molecular flexibility index (Phi) is 8.23. The molecule has 1 heterocycles. The predicted molar refractivity (Wildman–Crippen MR) is 115 cm³/mol. The van der Waals surface area contributed by atoms with Crippen LogP contribution in [0.3, 0.4) is 0 Å². The minimum absolute atomic E-state index is 0.105. The Morgan fingerprint density at radius 2 is 1.90 bits per heavy atom. The quantitative estimate of drug-likeness (QED) is 0.482. The summed E-state index contributed by atoms with van der Waals surface area (Å²) in [5, 5.41) is 4.07. The van der Waals surface area contributed by atoms with E-state index in [-0.39, 0.29) is 5.91 Å². The molecule has 2 N–H and O–H groups in total. The molecule has 3 rings (SSSR count). The smallest absolute Gasteiger partial charge is 0.295 e. The van der Waals surface area contributed by atoms with Gasteiger partial charge in [-0.2, -0.15) is 5.10 Å². The topological polar surface area (TPSA) is 73.6 Å². The van der Waals surface area contributed by atoms with Gasteiger partial charge in [-0.15, -0.1) is 0 Å². The third kappa shape index (κ3) is 6.86. The van der Waals surface area contributed by atoms with Crippen LogP contribution in [0.2, 0.25) is 0 Å². The van der Waals surface area contributed by atoms with Gasteiger partial charge in [-0.1, -0.05) is 29.8 Å². The largest absolute Gasteiger partial charge is 0.490 e. The summed E-state index contributed by atoms with van der Waals surface area (Å²) in [6.07, 6.45) is 1.61. The van der Waals surface area contributed by atoms with E-state index in [0.717, 1.165) is 24.2 Å². The van der Waals surface area contributed by atoms with E-state index in [4.69, 9.17) is 14.2 Å². The third-order valence-electron chi connectivity index (χ3n) is 4.80. The second kappa shape index (κ2) is 11.3. The predicted octanol–water partition coefficient (Wildman–Crippen LogP) is 1.34. The number of hydrazone groups is 1. The molecule has 7 heteroatoms. The molecule has 2 aromatic rings. The molecule has 7 nitrogen and oxygen atoms in total. The highest BCUT2D eigenvalue weighted by Gasteiger charge is 2.17. The van der Waals surface area contributed by atoms with Crippen molar-refractivity contribution in [2.45, 2.75) is 20.5 Å². The van der Waals surface area contributed by atoms with Gasteiger partial charge in [0, 0.05) is 0 Å². The molecule has 0 radical (unpaired) electrons. The standard InChI is InChI=1S/C23H29N3O4/c1-3-29-22-14-20(15-24-25-23(27)16-26-10-12-28-13-11-26)8-9-21(22)30-17-19-6-4-18(2)5-7-19/h4-9,14-15H,3,10-13,16-17H2,1-2H3,(H,25,27)/p+1. The van der Waals surface area contributed by atoms with Crippen LogP contribution in [0.4, 0.5) is 0 Å². The van der Waals surface area contributed by atoms with Crippen LogP contribution in [0, 0.1) is 6.92 Å². The Labute approximate surface area is 177 Å². The maximum atomic E-state index is 12.0. The number of hydrogen-bond donors (Lipinski definition) is 2. The number of quaternary nitrogens is 1. The summed E-state index contributed by atoms with van der Waals surface area (Å²) in [5.74, 6) is 1.22. The normalized spacial score (nSPS) is 14.6. The summed E-state index contributed by atoms with van der Waals surface area (Å²) in [7, 11) is 0. The molecule has 30 heavy (non-hydrogen) atoms. The third-order valence-corrected chi connectivity index (χ3v) is 4.80. The van der Waals surface area contributed by atoms with Crippen LogP contribution >= 0.6 is 0 Å². The Balaban J connectivity index is 1.55. The molecule has 1 aliphatic rings. The Bertz CT molecular complexity index is 846. The lowest BCUT2D eigenvalue weighted by Crippen LogP contribution is -3.15. The fraction of sp³-hybridized carbons (Fsp3) is 0.391. The molecule has 1 aliphatic heterocycles. The van der Waals surface area contributed by atoms with Gasteiger partial charge in [-0.25, -0.2) is 5.43 Å². The van der Waals surface area contributed by atoms with Gasteiger partial charge in [0.2, 0.25) is 0 Å². The maximum absolute atomic E-state index is 12.0. The number of amides is 1. The van der Waals surface area contributed by atoms with E-state index in [9.17, 15) is 4.79 Å². The zero-order valence-electron chi connectivity index (χ0n) is 17.6. The molecule has 1 saturated heterocycles. The number of carbonyl (C=O) groups excluding carboxylic acids is 1. The van der Waals surface area contributed by atoms with Crippen molar-refractivity contribution >= 4 is 12.1 Å². The van der Waals surface area contributed by atoms with Gasteiger partial charge in [0.05, 0.1) is 26.0 Å². The lowest BCUT2D eigenvalue weighted by molar-refractivity contribution is -0.900. The van der Waals surface area contributed by atoms with Gasteiger partial charge in [-0.3, -0.25) is 4.79 Å². The van der Waals surface area contributed by atoms with Crippen molar-refractivity contribution < 1.29 is 23.9 Å². The number of morpholine rings is 1. The van der Waals surface area contributed by atoms with Crippen LogP contribution in [-0.4, -0.2) is 51.6 Å². The van der Waals surface area contributed by atoms with Gasteiger partial charge in [-0.05, 0) is 43.2 Å². The Morgan fingerprint density at radius 3 is 2.63 bits per heavy atom. The fourth-order valence-corrected chi connectivity index (χ4v) is 3.12. The number of aryl methyl sites for hydroxylation is 1. The lowest BCUT2D eigenvalue weighted by Gasteiger charge is -2.22. The van der Waals surface area contributed by atoms with Crippen molar-refractivity contribution in [1.29, 1.82) is 0 Å². The van der Waals surface area contributed by atoms with Crippen molar-refractivity contribution in [3.8, 4) is 11.5 Å². The molecule has 0 saturated carbocycles. The van der Waals surface area contributed by atoms with Gasteiger partial charge < -0.3 is 19.1 Å². The zero-order chi connectivity index (χ0) is 21.2. The number of nitrogens with one attached hydrogen (secondary N) is 2. The molecule has 0 aliphatic carbocycles. The molecule has 0 bridgehead atoms. The summed E-state index contributed by atoms with van der Waals surface area (Å²) in [6, 6.07) is 13.8. The number of benzene rings is 2. The van der Waals surface area contributed by atoms with E-state index in [0.29, 0.717) is 44.5 Å². The van der Waals surface area contributed by atoms with Crippen molar-refractivity contribution in [3.05, 3.63) is 59.2 Å². The maximum Gasteiger partial charge on any atom is 0.295 e. The summed E-state index contributed by atoms with van der Waals surface area (Å²) in [4.78, 5) is 13.2. The van der Waals surface area contributed by atoms with E-state index in [1.165, 1.54) is 10.5 Å². The average Bonchev–Trinajstić information content (AvgIpc) is 2.75. The van der Waals surface area contributed by atoms with Crippen LogP contribution < -0.4 is 19.8 Å². The van der Waals surface area contributed by atoms with Gasteiger partial charge in [0.15, 0.2) is 18.0 Å². The molecule has 1 amide bonds. The van der Waals surface area contributed by atoms with Gasteiger partial charge in [0.1, 0.15) is 19.7 Å². The summed E-state index contributed by atoms with van der Waals surface area (Å²) in [6.45, 7) is 8.47. The van der Waals surface area contributed by atoms with Crippen LogP contribution in [0.1, 0.15) is 23.6 Å². The first kappa shape index (κ1) is 21.8. The first-order valence-electron chi connectivity index (χ1n) is 10.3. The summed E-state index contributed by atoms with van der Waals surface area (Å²) in [5.41, 5.74) is 5.73. The van der Waals surface area contributed by atoms with Gasteiger partial charge in [0.25, 0.3) is 5.91 Å². The molecule has 0 atom stereocenters. The van der Waals surface area contributed by atoms with Crippen LogP contribution in [0.15, 0.2) is 47.6 Å². The molecule has 160 valence electrons. The molecule has 0 unspecified atom stereocenters. The summed E-state index contributed by atoms with van der Waals surface area (Å²) < 4.78 is 17.0. The molecular formula is C23H30N3O4+. The zero-order valence-corrected chi connectivity index (χ0v) is 17.6. The van der Waals surface area contributed by atoms with Crippen molar-refractivity contribution in [1.82, 2.24) is 5.43 Å². The first-order valence-corrected chi connectivity index (χ1v) is 10.3. The number of nitrogens with zero attached hydrogens (tertiary/aromatic N) is 1. The highest BCUT2D eigenvalue weighted by atomic mass is 16.5. The van der Waals surface area contributed by atoms with E-state index < -0.39 is 0 Å². The van der Waals surface area contributed by atoms with Crippen molar-refractivity contribution in [3.63, 3.8) is 0 Å². The van der Waals surface area contributed by atoms with E-state index in [1.54, 1.807) is 6.21 Å². The van der Waals surface area contributed by atoms with E-state index in [2.05, 4.69) is 41.7 Å². The van der Waals surface area contributed by atoms with Crippen molar-refractivity contribution in [2.24, 2.45) is 5.10 Å². The SMILES string of the molecule is CCOc1cc(C=NNC(=O)C[NH+]2CCOCC2)ccc1OCc1ccc(C)cc1. The van der Waals surface area contributed by atoms with E-state index in [1.807, 2.05) is 25.1 Å². The molecule has 0 aromatic heterocycles. The lowest BCUT2D eigenvalue weighted by atomic mass is 10.2. The fourth-order valence-electron chi connectivity index (χ4n) is 3.12. The van der Waals surface area contributed by atoms with E-state index >= 15 is 0 Å². The Hall–Kier alpha value is -2.90. The number of carbonyl (C=O) groups is 1. The van der Waals surface area contributed by atoms with Crippen LogP contribution in [0.25, 0.3) is 0 Å². The van der Waals surface area contributed by atoms with Crippen LogP contribution in [-0.2, 0) is 16.1 Å². The number of ether oxygens (including phenoxy) is 3. The summed E-state index contributed by atoms with van der Waals surface area (Å²) >= 11 is 0. The second-order valence-corrected chi connectivity index (χ2v) is 7.25. The Morgan fingerprint density at radius 1 is 1.13 bits per heavy atom. The molecule has 1 fully saturated rings. The molecule has 2 aromatic carbocycles. The monoisotopic (exact) mass is 412 g/mol. The number of hydrogen-bond acceptors (Lipinski definition) is 5. The number of rotatable bonds is 9. The van der Waals surface area contributed by atoms with Gasteiger partial charge >= 0.3 is 0 Å². The second-order valence-electron chi connectivity index (χ2n) is 7.25.